The van der Waals surface area contributed by atoms with E-state index in [2.05, 4.69) is 17.2 Å². The van der Waals surface area contributed by atoms with E-state index < -0.39 is 35.8 Å². The number of carbonyl (C=O) groups is 4. The molecule has 0 aliphatic heterocycles. The first-order valence-corrected chi connectivity index (χ1v) is 8.83. The maximum absolute atomic E-state index is 12.1. The zero-order chi connectivity index (χ0) is 21.8. The zero-order valence-corrected chi connectivity index (χ0v) is 15.8. The molecule has 10 heteroatoms. The number of hydrogen-bond donors (Lipinski definition) is 5. The van der Waals surface area contributed by atoms with Gasteiger partial charge >= 0.3 is 11.9 Å². The summed E-state index contributed by atoms with van der Waals surface area (Å²) in [6.45, 7) is 3.31. The van der Waals surface area contributed by atoms with Gasteiger partial charge in [0.1, 0.15) is 6.04 Å². The number of nitrogens with two attached hydrogens (primary N) is 1. The number of aliphatic carboxylic acids is 2. The number of carboxylic acid groups (broad SMARTS) is 2. The molecule has 2 atom stereocenters. The number of amides is 2. The monoisotopic (exact) mass is 407 g/mol. The Balaban J connectivity index is 2.40. The predicted octanol–water partition coefficient (Wildman–Crippen LogP) is -0.0153. The number of carbonyl (C=O) groups excluding carboxylic acids is 2. The van der Waals surface area contributed by atoms with Crippen LogP contribution in [0.4, 0.5) is 0 Å². The van der Waals surface area contributed by atoms with Crippen molar-refractivity contribution in [2.24, 2.45) is 5.73 Å². The third-order valence-corrected chi connectivity index (χ3v) is 3.80. The van der Waals surface area contributed by atoms with Crippen molar-refractivity contribution in [1.29, 1.82) is 0 Å². The van der Waals surface area contributed by atoms with Crippen LogP contribution in [0, 0.1) is 0 Å². The Kier molecular flexibility index (Phi) is 10.1. The average Bonchev–Trinajstić information content (AvgIpc) is 2.67. The van der Waals surface area contributed by atoms with Crippen molar-refractivity contribution in [3.8, 4) is 0 Å². The van der Waals surface area contributed by atoms with Gasteiger partial charge in [-0.15, -0.1) is 0 Å². The molecule has 1 rings (SSSR count). The number of benzene rings is 1. The fraction of sp³-hybridized carbons (Fsp3) is 0.368. The molecule has 0 radical (unpaired) electrons. The van der Waals surface area contributed by atoms with Crippen molar-refractivity contribution >= 4 is 23.8 Å². The molecular weight excluding hydrogens is 382 g/mol. The van der Waals surface area contributed by atoms with E-state index in [1.54, 1.807) is 0 Å². The summed E-state index contributed by atoms with van der Waals surface area (Å²) in [5.74, 6) is -3.89. The second-order valence-corrected chi connectivity index (χ2v) is 6.23. The second-order valence-electron chi connectivity index (χ2n) is 6.23. The van der Waals surface area contributed by atoms with Gasteiger partial charge < -0.3 is 31.3 Å². The molecule has 6 N–H and O–H groups in total. The van der Waals surface area contributed by atoms with Crippen LogP contribution in [0.15, 0.2) is 42.6 Å². The van der Waals surface area contributed by atoms with Gasteiger partial charge in [-0.2, -0.15) is 0 Å². The highest BCUT2D eigenvalue weighted by Gasteiger charge is 2.22. The number of nitrogens with one attached hydrogen (secondary N) is 2. The van der Waals surface area contributed by atoms with Crippen molar-refractivity contribution in [2.45, 2.75) is 38.0 Å². The molecule has 0 spiro atoms. The Morgan fingerprint density at radius 1 is 1.10 bits per heavy atom. The fourth-order valence-corrected chi connectivity index (χ4v) is 2.18. The van der Waals surface area contributed by atoms with Gasteiger partial charge in [-0.25, -0.2) is 4.79 Å². The molecular formula is C19H25N3O7. The first-order chi connectivity index (χ1) is 13.7. The number of rotatable bonds is 13. The molecule has 158 valence electrons. The lowest BCUT2D eigenvalue weighted by molar-refractivity contribution is -0.143. The van der Waals surface area contributed by atoms with Crippen LogP contribution in [0.2, 0.25) is 0 Å². The molecule has 0 unspecified atom stereocenters. The van der Waals surface area contributed by atoms with Crippen molar-refractivity contribution in [2.75, 3.05) is 6.61 Å². The quantitative estimate of drug-likeness (QED) is 0.284. The zero-order valence-electron chi connectivity index (χ0n) is 15.8. The van der Waals surface area contributed by atoms with Gasteiger partial charge in [-0.05, 0) is 18.4 Å². The minimum absolute atomic E-state index is 0.0597. The highest BCUT2D eigenvalue weighted by Crippen LogP contribution is 2.03. The lowest BCUT2D eigenvalue weighted by Crippen LogP contribution is -2.46. The van der Waals surface area contributed by atoms with Gasteiger partial charge in [0.15, 0.2) is 6.04 Å². The Labute approximate surface area is 167 Å². The lowest BCUT2D eigenvalue weighted by atomic mass is 10.1. The van der Waals surface area contributed by atoms with E-state index in [0.717, 1.165) is 5.56 Å². The summed E-state index contributed by atoms with van der Waals surface area (Å²) in [4.78, 5) is 45.7. The number of ether oxygens (including phenoxy) is 1. The first kappa shape index (κ1) is 23.8. The van der Waals surface area contributed by atoms with E-state index >= 15 is 0 Å². The van der Waals surface area contributed by atoms with E-state index in [0.29, 0.717) is 0 Å². The van der Waals surface area contributed by atoms with E-state index in [-0.39, 0.29) is 38.2 Å². The SMILES string of the molecule is C=C(NC(=O)CCC[C@H](N)C(=O)O)C(=O)N[C@H](COCc1ccccc1)C(=O)O. The highest BCUT2D eigenvalue weighted by molar-refractivity contribution is 5.98. The number of hydrogen-bond acceptors (Lipinski definition) is 6. The summed E-state index contributed by atoms with van der Waals surface area (Å²) in [5.41, 5.74) is 5.85. The topological polar surface area (TPSA) is 168 Å². The van der Waals surface area contributed by atoms with Gasteiger partial charge in [-0.3, -0.25) is 14.4 Å². The molecule has 0 fully saturated rings. The van der Waals surface area contributed by atoms with Crippen LogP contribution in [-0.2, 0) is 30.5 Å². The summed E-state index contributed by atoms with van der Waals surface area (Å²) in [6, 6.07) is 6.71. The van der Waals surface area contributed by atoms with E-state index in [1.165, 1.54) is 0 Å². The van der Waals surface area contributed by atoms with Crippen LogP contribution in [0.25, 0.3) is 0 Å². The van der Waals surface area contributed by atoms with Crippen LogP contribution < -0.4 is 16.4 Å². The summed E-state index contributed by atoms with van der Waals surface area (Å²) in [7, 11) is 0. The largest absolute Gasteiger partial charge is 0.480 e. The lowest BCUT2D eigenvalue weighted by Gasteiger charge is -2.16. The molecule has 0 bridgehead atoms. The van der Waals surface area contributed by atoms with Crippen LogP contribution in [0.1, 0.15) is 24.8 Å². The fourth-order valence-electron chi connectivity index (χ4n) is 2.18. The molecule has 0 aliphatic carbocycles. The summed E-state index contributed by atoms with van der Waals surface area (Å²) >= 11 is 0. The number of carboxylic acids is 2. The molecule has 0 aliphatic rings. The predicted molar refractivity (Wildman–Crippen MR) is 102 cm³/mol. The third-order valence-electron chi connectivity index (χ3n) is 3.80. The summed E-state index contributed by atoms with van der Waals surface area (Å²) < 4.78 is 5.33. The highest BCUT2D eigenvalue weighted by atomic mass is 16.5. The second kappa shape index (κ2) is 12.3. The van der Waals surface area contributed by atoms with Crippen LogP contribution in [-0.4, -0.2) is 52.7 Å². The van der Waals surface area contributed by atoms with E-state index in [4.69, 9.17) is 15.6 Å². The molecule has 1 aromatic carbocycles. The van der Waals surface area contributed by atoms with Crippen LogP contribution in [0.3, 0.4) is 0 Å². The smallest absolute Gasteiger partial charge is 0.328 e. The third kappa shape index (κ3) is 9.49. The Hall–Kier alpha value is -3.24. The van der Waals surface area contributed by atoms with Crippen molar-refractivity contribution in [3.05, 3.63) is 48.2 Å². The molecule has 0 saturated carbocycles. The van der Waals surface area contributed by atoms with E-state index in [9.17, 15) is 24.3 Å². The molecule has 0 aromatic heterocycles. The molecule has 29 heavy (non-hydrogen) atoms. The molecule has 10 nitrogen and oxygen atoms in total. The van der Waals surface area contributed by atoms with Crippen LogP contribution in [0.5, 0.6) is 0 Å². The standard InChI is InChI=1S/C19H25N3O7/c1-12(21-16(23)9-5-8-14(20)18(25)26)17(24)22-15(19(27)28)11-29-10-13-6-3-2-4-7-13/h2-4,6-7,14-15H,1,5,8-11,20H2,(H,21,23)(H,22,24)(H,25,26)(H,27,28)/t14-,15+/m0/s1. The van der Waals surface area contributed by atoms with Crippen molar-refractivity contribution in [3.63, 3.8) is 0 Å². The average molecular weight is 407 g/mol. The molecule has 1 aromatic rings. The van der Waals surface area contributed by atoms with Crippen molar-refractivity contribution in [1.82, 2.24) is 10.6 Å². The van der Waals surface area contributed by atoms with Gasteiger partial charge in [0, 0.05) is 6.42 Å². The van der Waals surface area contributed by atoms with Crippen LogP contribution >= 0.6 is 0 Å². The molecule has 2 amide bonds. The Morgan fingerprint density at radius 3 is 2.34 bits per heavy atom. The van der Waals surface area contributed by atoms with Gasteiger partial charge in [-0.1, -0.05) is 36.9 Å². The van der Waals surface area contributed by atoms with E-state index in [1.807, 2.05) is 30.3 Å². The summed E-state index contributed by atoms with van der Waals surface area (Å²) in [6.07, 6.45) is 0.246. The van der Waals surface area contributed by atoms with Crippen molar-refractivity contribution < 1.29 is 34.1 Å². The first-order valence-electron chi connectivity index (χ1n) is 8.83. The summed E-state index contributed by atoms with van der Waals surface area (Å²) in [5, 5.41) is 22.4. The van der Waals surface area contributed by atoms with Gasteiger partial charge in [0.2, 0.25) is 5.91 Å². The Bertz CT molecular complexity index is 737. The Morgan fingerprint density at radius 2 is 1.76 bits per heavy atom. The maximum Gasteiger partial charge on any atom is 0.328 e. The molecule has 0 heterocycles. The normalized spacial score (nSPS) is 12.4. The van der Waals surface area contributed by atoms with Gasteiger partial charge in [0.05, 0.1) is 18.9 Å². The minimum atomic E-state index is -1.33. The molecule has 0 saturated heterocycles. The van der Waals surface area contributed by atoms with Gasteiger partial charge in [0.25, 0.3) is 5.91 Å². The minimum Gasteiger partial charge on any atom is -0.480 e. The maximum atomic E-state index is 12.1.